The van der Waals surface area contributed by atoms with Crippen LogP contribution in [0, 0.1) is 12.7 Å². The van der Waals surface area contributed by atoms with Gasteiger partial charge in [-0.2, -0.15) is 13.2 Å². The van der Waals surface area contributed by atoms with Gasteiger partial charge >= 0.3 is 6.18 Å². The third-order valence-corrected chi connectivity index (χ3v) is 6.42. The van der Waals surface area contributed by atoms with Crippen molar-refractivity contribution in [2.24, 2.45) is 5.16 Å². The van der Waals surface area contributed by atoms with E-state index in [0.717, 1.165) is 18.0 Å². The molecule has 4 aromatic rings. The lowest BCUT2D eigenvalue weighted by Gasteiger charge is -2.16. The Hall–Kier alpha value is -4.67. The van der Waals surface area contributed by atoms with Crippen molar-refractivity contribution >= 4 is 11.6 Å². The summed E-state index contributed by atoms with van der Waals surface area (Å²) in [6.07, 6.45) is -0.998. The molecule has 0 saturated heterocycles. The number of rotatable bonds is 6. The average Bonchev–Trinajstić information content (AvgIpc) is 3.43. The van der Waals surface area contributed by atoms with E-state index in [9.17, 15) is 22.4 Å². The van der Waals surface area contributed by atoms with Crippen LogP contribution < -0.4 is 5.32 Å². The number of oxime groups is 1. The fourth-order valence-electron chi connectivity index (χ4n) is 4.28. The molecule has 2 atom stereocenters. The van der Waals surface area contributed by atoms with Crippen molar-refractivity contribution < 1.29 is 27.2 Å². The zero-order valence-electron chi connectivity index (χ0n) is 21.4. The van der Waals surface area contributed by atoms with E-state index in [-0.39, 0.29) is 11.1 Å². The summed E-state index contributed by atoms with van der Waals surface area (Å²) in [5.41, 5.74) is 3.81. The summed E-state index contributed by atoms with van der Waals surface area (Å²) in [4.78, 5) is 30.0. The molecule has 3 heterocycles. The van der Waals surface area contributed by atoms with Crippen molar-refractivity contribution in [3.05, 3.63) is 113 Å². The van der Waals surface area contributed by atoms with Gasteiger partial charge in [0.15, 0.2) is 6.10 Å². The molecule has 0 radical (unpaired) electrons. The molecular formula is C29H23F4N5O2. The number of alkyl halides is 3. The highest BCUT2D eigenvalue weighted by molar-refractivity contribution is 6.05. The molecule has 1 amide bonds. The third-order valence-electron chi connectivity index (χ3n) is 6.42. The molecule has 0 aliphatic carbocycles. The molecule has 40 heavy (non-hydrogen) atoms. The van der Waals surface area contributed by atoms with Gasteiger partial charge in [0, 0.05) is 47.3 Å². The number of hydrogen-bond acceptors (Lipinski definition) is 6. The predicted molar refractivity (Wildman–Crippen MR) is 139 cm³/mol. The number of carbonyl (C=O) groups excluding carboxylic acids is 1. The second-order valence-electron chi connectivity index (χ2n) is 9.41. The first-order valence-electron chi connectivity index (χ1n) is 12.3. The number of pyridine rings is 1. The van der Waals surface area contributed by atoms with E-state index in [1.165, 1.54) is 6.07 Å². The quantitative estimate of drug-likeness (QED) is 0.283. The SMILES string of the molecule is Cc1ccc(-c2cc(C(=O)N[C@H](C)c3cnc(C(F)(F)F)nc3)cc(C3=NOC(c4ccccn4)C3)c2)c(F)c1. The smallest absolute Gasteiger partial charge is 0.385 e. The Balaban J connectivity index is 1.45. The van der Waals surface area contributed by atoms with Gasteiger partial charge in [0.05, 0.1) is 17.4 Å². The molecule has 2 aromatic heterocycles. The van der Waals surface area contributed by atoms with Crippen LogP contribution in [-0.4, -0.2) is 26.6 Å². The van der Waals surface area contributed by atoms with Crippen molar-refractivity contribution in [2.75, 3.05) is 0 Å². The van der Waals surface area contributed by atoms with Crippen molar-refractivity contribution in [1.29, 1.82) is 0 Å². The van der Waals surface area contributed by atoms with Gasteiger partial charge in [-0.05, 0) is 61.4 Å². The van der Waals surface area contributed by atoms with Crippen LogP contribution in [0.4, 0.5) is 17.6 Å². The maximum atomic E-state index is 15.0. The van der Waals surface area contributed by atoms with Gasteiger partial charge in [-0.25, -0.2) is 14.4 Å². The molecule has 7 nitrogen and oxygen atoms in total. The van der Waals surface area contributed by atoms with E-state index < -0.39 is 35.9 Å². The summed E-state index contributed by atoms with van der Waals surface area (Å²) >= 11 is 0. The fourth-order valence-corrected chi connectivity index (χ4v) is 4.28. The zero-order valence-corrected chi connectivity index (χ0v) is 21.4. The van der Waals surface area contributed by atoms with Crippen LogP contribution >= 0.6 is 0 Å². The summed E-state index contributed by atoms with van der Waals surface area (Å²) in [5.74, 6) is -2.24. The summed E-state index contributed by atoms with van der Waals surface area (Å²) in [6, 6.07) is 14.5. The Morgan fingerprint density at radius 3 is 2.45 bits per heavy atom. The monoisotopic (exact) mass is 549 g/mol. The third kappa shape index (κ3) is 5.83. The number of nitrogens with zero attached hydrogens (tertiary/aromatic N) is 4. The number of nitrogens with one attached hydrogen (secondary N) is 1. The molecule has 5 rings (SSSR count). The van der Waals surface area contributed by atoms with Crippen LogP contribution in [0.2, 0.25) is 0 Å². The standard InChI is InChI=1S/C29H23F4N5O2/c1-16-6-7-22(23(30)9-16)18-10-19(25-13-26(40-38-25)24-5-3-4-8-34-24)12-20(11-18)27(39)37-17(2)21-14-35-28(36-15-21)29(31,32)33/h3-12,14-15,17,26H,13H2,1-2H3,(H,37,39)/t17-,26?/m1/s1. The van der Waals surface area contributed by atoms with Crippen LogP contribution in [0.5, 0.6) is 0 Å². The molecule has 11 heteroatoms. The zero-order chi connectivity index (χ0) is 28.4. The van der Waals surface area contributed by atoms with Gasteiger partial charge in [-0.3, -0.25) is 9.78 Å². The highest BCUT2D eigenvalue weighted by atomic mass is 19.4. The van der Waals surface area contributed by atoms with E-state index in [2.05, 4.69) is 25.4 Å². The molecule has 2 aromatic carbocycles. The van der Waals surface area contributed by atoms with Crippen LogP contribution in [-0.2, 0) is 11.0 Å². The highest BCUT2D eigenvalue weighted by Crippen LogP contribution is 2.32. The molecule has 0 saturated carbocycles. The Bertz CT molecular complexity index is 1570. The number of amides is 1. The van der Waals surface area contributed by atoms with E-state index in [4.69, 9.17) is 4.84 Å². The lowest BCUT2D eigenvalue weighted by molar-refractivity contribution is -0.145. The summed E-state index contributed by atoms with van der Waals surface area (Å²) in [5, 5.41) is 6.97. The van der Waals surface area contributed by atoms with Gasteiger partial charge in [-0.1, -0.05) is 23.4 Å². The minimum absolute atomic E-state index is 0.205. The van der Waals surface area contributed by atoms with Crippen molar-refractivity contribution in [1.82, 2.24) is 20.3 Å². The Morgan fingerprint density at radius 1 is 1.02 bits per heavy atom. The number of benzene rings is 2. The first kappa shape index (κ1) is 26.9. The first-order valence-corrected chi connectivity index (χ1v) is 12.3. The Kier molecular flexibility index (Phi) is 7.29. The van der Waals surface area contributed by atoms with Crippen LogP contribution in [0.3, 0.4) is 0 Å². The second kappa shape index (κ2) is 10.8. The minimum atomic E-state index is -4.67. The number of halogens is 4. The maximum absolute atomic E-state index is 15.0. The van der Waals surface area contributed by atoms with Crippen molar-refractivity contribution in [3.8, 4) is 11.1 Å². The van der Waals surface area contributed by atoms with E-state index in [1.54, 1.807) is 56.4 Å². The lowest BCUT2D eigenvalue weighted by Crippen LogP contribution is -2.27. The van der Waals surface area contributed by atoms with Gasteiger partial charge in [-0.15, -0.1) is 0 Å². The molecular weight excluding hydrogens is 526 g/mol. The van der Waals surface area contributed by atoms with Crippen LogP contribution in [0.15, 0.2) is 78.3 Å². The molecule has 0 bridgehead atoms. The molecule has 204 valence electrons. The molecule has 0 fully saturated rings. The van der Waals surface area contributed by atoms with Crippen LogP contribution in [0.1, 0.15) is 64.1 Å². The highest BCUT2D eigenvalue weighted by Gasteiger charge is 2.34. The van der Waals surface area contributed by atoms with Gasteiger partial charge in [0.25, 0.3) is 5.91 Å². The topological polar surface area (TPSA) is 89.4 Å². The number of aryl methyl sites for hydroxylation is 1. The van der Waals surface area contributed by atoms with Crippen LogP contribution in [0.25, 0.3) is 11.1 Å². The molecule has 1 aliphatic rings. The minimum Gasteiger partial charge on any atom is -0.385 e. The number of aromatic nitrogens is 3. The van der Waals surface area contributed by atoms with E-state index in [1.807, 2.05) is 12.1 Å². The molecule has 1 aliphatic heterocycles. The summed E-state index contributed by atoms with van der Waals surface area (Å²) < 4.78 is 53.4. The predicted octanol–water partition coefficient (Wildman–Crippen LogP) is 6.36. The number of carbonyl (C=O) groups is 1. The molecule has 1 N–H and O–H groups in total. The average molecular weight is 550 g/mol. The number of hydrogen-bond donors (Lipinski definition) is 1. The molecule has 1 unspecified atom stereocenters. The first-order chi connectivity index (χ1) is 19.1. The van der Waals surface area contributed by atoms with Gasteiger partial charge in [0.1, 0.15) is 5.82 Å². The van der Waals surface area contributed by atoms with E-state index >= 15 is 0 Å². The van der Waals surface area contributed by atoms with E-state index in [0.29, 0.717) is 34.5 Å². The maximum Gasteiger partial charge on any atom is 0.451 e. The Morgan fingerprint density at radius 2 is 1.77 bits per heavy atom. The lowest BCUT2D eigenvalue weighted by atomic mass is 9.94. The summed E-state index contributed by atoms with van der Waals surface area (Å²) in [7, 11) is 0. The van der Waals surface area contributed by atoms with Gasteiger partial charge in [0.2, 0.25) is 5.82 Å². The fraction of sp³-hybridized carbons (Fsp3) is 0.207. The van der Waals surface area contributed by atoms with Crippen molar-refractivity contribution in [3.63, 3.8) is 0 Å². The second-order valence-corrected chi connectivity index (χ2v) is 9.41. The van der Waals surface area contributed by atoms with Crippen molar-refractivity contribution in [2.45, 2.75) is 38.6 Å². The Labute approximate surface area is 227 Å². The normalized spacial score (nSPS) is 15.8. The summed E-state index contributed by atoms with van der Waals surface area (Å²) in [6.45, 7) is 3.37. The molecule has 0 spiro atoms. The largest absolute Gasteiger partial charge is 0.451 e. The van der Waals surface area contributed by atoms with Gasteiger partial charge < -0.3 is 10.2 Å².